The van der Waals surface area contributed by atoms with Crippen molar-refractivity contribution in [3.05, 3.63) is 0 Å². The maximum atomic E-state index is 13.4. The first-order chi connectivity index (χ1) is 13.3. The Hall–Kier alpha value is -0.490. The molecule has 0 amide bonds. The summed E-state index contributed by atoms with van der Waals surface area (Å²) < 4.78 is 0. The van der Waals surface area contributed by atoms with Gasteiger partial charge in [-0.3, -0.25) is 4.79 Å². The van der Waals surface area contributed by atoms with E-state index in [2.05, 4.69) is 13.8 Å². The molecule has 0 aromatic heterocycles. The molecule has 3 unspecified atom stereocenters. The molecule has 0 bridgehead atoms. The smallest absolute Gasteiger partial charge is 0.136 e. The number of hydrogen-bond donors (Lipinski definition) is 4. The number of fused-ring (bicyclic) bond motifs is 5. The van der Waals surface area contributed by atoms with Crippen LogP contribution in [-0.4, -0.2) is 51.6 Å². The van der Waals surface area contributed by atoms with Crippen molar-refractivity contribution in [1.29, 1.82) is 0 Å². The Morgan fingerprint density at radius 2 is 1.57 bits per heavy atom. The maximum Gasteiger partial charge on any atom is 0.136 e. The Labute approximate surface area is 168 Å². The SMILES string of the molecule is C[C@]12CCCCC1CC(=O)[C@@H]1[C@H]2CC[C@@]2(C)[C@H]1CCC2(C(O)CO)C(O)CO. The van der Waals surface area contributed by atoms with E-state index in [4.69, 9.17) is 0 Å². The molecule has 0 aromatic carbocycles. The molecule has 4 aliphatic rings. The first-order valence-electron chi connectivity index (χ1n) is 11.4. The van der Waals surface area contributed by atoms with Crippen molar-refractivity contribution in [3.63, 3.8) is 0 Å². The summed E-state index contributed by atoms with van der Waals surface area (Å²) in [6, 6.07) is 0. The highest BCUT2D eigenvalue weighted by Crippen LogP contribution is 2.71. The van der Waals surface area contributed by atoms with Crippen LogP contribution in [0.1, 0.15) is 71.6 Å². The van der Waals surface area contributed by atoms with Gasteiger partial charge in [-0.25, -0.2) is 0 Å². The minimum Gasteiger partial charge on any atom is -0.394 e. The van der Waals surface area contributed by atoms with Crippen molar-refractivity contribution in [2.24, 2.45) is 39.9 Å². The maximum absolute atomic E-state index is 13.4. The minimum absolute atomic E-state index is 0.00300. The van der Waals surface area contributed by atoms with E-state index in [9.17, 15) is 25.2 Å². The van der Waals surface area contributed by atoms with Gasteiger partial charge in [-0.05, 0) is 67.1 Å². The van der Waals surface area contributed by atoms with Crippen LogP contribution in [-0.2, 0) is 4.79 Å². The predicted molar refractivity (Wildman–Crippen MR) is 105 cm³/mol. The van der Waals surface area contributed by atoms with Gasteiger partial charge in [0.05, 0.1) is 25.4 Å². The third-order valence-corrected chi connectivity index (χ3v) is 10.2. The van der Waals surface area contributed by atoms with Crippen LogP contribution in [0, 0.1) is 39.9 Å². The van der Waals surface area contributed by atoms with Crippen LogP contribution in [0.3, 0.4) is 0 Å². The largest absolute Gasteiger partial charge is 0.394 e. The van der Waals surface area contributed by atoms with Crippen LogP contribution in [0.2, 0.25) is 0 Å². The molecule has 4 N–H and O–H groups in total. The average Bonchev–Trinajstić information content (AvgIpc) is 3.01. The number of aliphatic hydroxyl groups excluding tert-OH is 4. The van der Waals surface area contributed by atoms with Gasteiger partial charge in [-0.1, -0.05) is 26.7 Å². The van der Waals surface area contributed by atoms with Gasteiger partial charge in [-0.15, -0.1) is 0 Å². The highest BCUT2D eigenvalue weighted by atomic mass is 16.3. The fraction of sp³-hybridized carbons (Fsp3) is 0.957. The van der Waals surface area contributed by atoms with Crippen LogP contribution in [0.5, 0.6) is 0 Å². The molecule has 0 spiro atoms. The lowest BCUT2D eigenvalue weighted by molar-refractivity contribution is -0.196. The van der Waals surface area contributed by atoms with Crippen LogP contribution in [0.25, 0.3) is 0 Å². The number of ketones is 1. The van der Waals surface area contributed by atoms with E-state index in [-0.39, 0.29) is 17.3 Å². The van der Waals surface area contributed by atoms with E-state index in [1.165, 1.54) is 25.7 Å². The Morgan fingerprint density at radius 3 is 2.21 bits per heavy atom. The Balaban J connectivity index is 1.73. The zero-order chi connectivity index (χ0) is 20.3. The Bertz CT molecular complexity index is 610. The van der Waals surface area contributed by atoms with E-state index in [0.717, 1.165) is 19.3 Å². The zero-order valence-electron chi connectivity index (χ0n) is 17.4. The first-order valence-corrected chi connectivity index (χ1v) is 11.4. The Morgan fingerprint density at radius 1 is 0.929 bits per heavy atom. The van der Waals surface area contributed by atoms with Crippen molar-refractivity contribution >= 4 is 5.78 Å². The van der Waals surface area contributed by atoms with Crippen molar-refractivity contribution in [1.82, 2.24) is 0 Å². The van der Waals surface area contributed by atoms with Crippen molar-refractivity contribution in [3.8, 4) is 0 Å². The summed E-state index contributed by atoms with van der Waals surface area (Å²) in [4.78, 5) is 13.4. The van der Waals surface area contributed by atoms with Gasteiger partial charge in [0.2, 0.25) is 0 Å². The standard InChI is InChI=1S/C23H38O5/c1-21-8-4-3-5-14(21)11-17(26)20-15(21)6-9-22(2)16(20)7-10-23(22,18(27)12-24)19(28)13-25/h14-16,18-20,24-25,27-28H,3-13H2,1-2H3/t14?,15-,16+,18?,19?,20-,21+,22+,23?/m1/s1. The molecular weight excluding hydrogens is 356 g/mol. The third kappa shape index (κ3) is 2.49. The second-order valence-corrected chi connectivity index (χ2v) is 10.8. The fourth-order valence-electron chi connectivity index (χ4n) is 8.72. The molecule has 4 saturated carbocycles. The molecule has 8 atom stereocenters. The minimum atomic E-state index is -1.09. The number of carbonyl (C=O) groups excluding carboxylic acids is 1. The molecule has 5 heteroatoms. The first kappa shape index (κ1) is 20.8. The number of Topliss-reactive ketones (excluding diaryl/α,β-unsaturated/α-hetero) is 1. The molecule has 0 radical (unpaired) electrons. The predicted octanol–water partition coefficient (Wildman–Crippen LogP) is 2.29. The molecule has 4 aliphatic carbocycles. The summed E-state index contributed by atoms with van der Waals surface area (Å²) in [6.07, 6.45) is 6.48. The topological polar surface area (TPSA) is 98.0 Å². The third-order valence-electron chi connectivity index (χ3n) is 10.2. The number of aliphatic hydroxyl groups is 4. The number of carbonyl (C=O) groups is 1. The highest BCUT2D eigenvalue weighted by Gasteiger charge is 2.69. The van der Waals surface area contributed by atoms with E-state index >= 15 is 0 Å². The van der Waals surface area contributed by atoms with Gasteiger partial charge in [0.1, 0.15) is 5.78 Å². The van der Waals surface area contributed by atoms with E-state index in [1.54, 1.807) is 0 Å². The average molecular weight is 395 g/mol. The van der Waals surface area contributed by atoms with Gasteiger partial charge in [0, 0.05) is 17.8 Å². The lowest BCUT2D eigenvalue weighted by Crippen LogP contribution is -2.62. The van der Waals surface area contributed by atoms with E-state index in [1.807, 2.05) is 0 Å². The van der Waals surface area contributed by atoms with Gasteiger partial charge >= 0.3 is 0 Å². The van der Waals surface area contributed by atoms with Crippen LogP contribution in [0.15, 0.2) is 0 Å². The highest BCUT2D eigenvalue weighted by molar-refractivity contribution is 5.83. The molecular formula is C23H38O5. The molecule has 0 aromatic rings. The second-order valence-electron chi connectivity index (χ2n) is 10.8. The second kappa shape index (κ2) is 7.04. The number of rotatable bonds is 4. The summed E-state index contributed by atoms with van der Waals surface area (Å²) in [5.74, 6) is 1.40. The van der Waals surface area contributed by atoms with Crippen LogP contribution < -0.4 is 0 Å². The molecule has 5 nitrogen and oxygen atoms in total. The molecule has 4 fully saturated rings. The van der Waals surface area contributed by atoms with Crippen molar-refractivity contribution < 1.29 is 25.2 Å². The molecule has 0 heterocycles. The molecule has 28 heavy (non-hydrogen) atoms. The quantitative estimate of drug-likeness (QED) is 0.586. The lowest BCUT2D eigenvalue weighted by atomic mass is 9.42. The Kier molecular flexibility index (Phi) is 5.22. The van der Waals surface area contributed by atoms with Crippen molar-refractivity contribution in [2.45, 2.75) is 83.8 Å². The fourth-order valence-corrected chi connectivity index (χ4v) is 8.72. The van der Waals surface area contributed by atoms with Gasteiger partial charge in [0.15, 0.2) is 0 Å². The van der Waals surface area contributed by atoms with Crippen LogP contribution in [0.4, 0.5) is 0 Å². The van der Waals surface area contributed by atoms with Gasteiger partial charge in [-0.2, -0.15) is 0 Å². The summed E-state index contributed by atoms with van der Waals surface area (Å²) >= 11 is 0. The van der Waals surface area contributed by atoms with E-state index < -0.39 is 36.3 Å². The zero-order valence-corrected chi connectivity index (χ0v) is 17.4. The van der Waals surface area contributed by atoms with Crippen LogP contribution >= 0.6 is 0 Å². The molecule has 4 rings (SSSR count). The van der Waals surface area contributed by atoms with Crippen molar-refractivity contribution in [2.75, 3.05) is 13.2 Å². The normalized spacial score (nSPS) is 50.4. The molecule has 0 saturated heterocycles. The monoisotopic (exact) mass is 394 g/mol. The number of hydrogen-bond acceptors (Lipinski definition) is 5. The van der Waals surface area contributed by atoms with E-state index in [0.29, 0.717) is 30.5 Å². The van der Waals surface area contributed by atoms with Gasteiger partial charge < -0.3 is 20.4 Å². The summed E-state index contributed by atoms with van der Waals surface area (Å²) in [5.41, 5.74) is -1.17. The molecule has 0 aliphatic heterocycles. The molecule has 160 valence electrons. The summed E-state index contributed by atoms with van der Waals surface area (Å²) in [5, 5.41) is 41.2. The lowest BCUT2D eigenvalue weighted by Gasteiger charge is -2.62. The summed E-state index contributed by atoms with van der Waals surface area (Å²) in [7, 11) is 0. The summed E-state index contributed by atoms with van der Waals surface area (Å²) in [6.45, 7) is 3.65. The van der Waals surface area contributed by atoms with Gasteiger partial charge in [0.25, 0.3) is 0 Å².